The third-order valence-corrected chi connectivity index (χ3v) is 17.6. The number of fused-ring (bicyclic) bond motifs is 5. The molecule has 0 heterocycles. The van der Waals surface area contributed by atoms with Crippen molar-refractivity contribution in [2.45, 2.75) is 305 Å². The fourth-order valence-electron chi connectivity index (χ4n) is 13.6. The Kier molecular flexibility index (Phi) is 29.9. The maximum atomic E-state index is 10.2. The molecule has 0 aliphatic heterocycles. The zero-order valence-corrected chi connectivity index (χ0v) is 43.0. The van der Waals surface area contributed by atoms with E-state index in [-0.39, 0.29) is 6.10 Å². The van der Waals surface area contributed by atoms with Gasteiger partial charge in [-0.25, -0.2) is 0 Å². The second-order valence-corrected chi connectivity index (χ2v) is 23.0. The molecule has 4 aliphatic carbocycles. The van der Waals surface area contributed by atoms with Gasteiger partial charge in [-0.05, 0) is 111 Å². The molecular formula is C59H112O2. The summed E-state index contributed by atoms with van der Waals surface area (Å²) in [5.41, 5.74) is 2.60. The van der Waals surface area contributed by atoms with Crippen molar-refractivity contribution in [1.29, 1.82) is 0 Å². The van der Waals surface area contributed by atoms with Gasteiger partial charge in [-0.3, -0.25) is 0 Å². The van der Waals surface area contributed by atoms with E-state index < -0.39 is 0 Å². The van der Waals surface area contributed by atoms with Crippen molar-refractivity contribution in [3.63, 3.8) is 0 Å². The third kappa shape index (κ3) is 20.8. The SMILES string of the molecule is CC(C)CCC[C@@H](C)[C@H]1CC[C@H]2[C@@H]3CC=C4C[C@@H](O)CC[C@]4(C)[C@H]3CC[C@]12C.CCCCCCCCCCCCCCCCOCCCCCCCCCCCCCCCC. The predicted octanol–water partition coefficient (Wildman–Crippen LogP) is 19.4. The number of unbranched alkanes of at least 4 members (excludes halogenated alkanes) is 26. The van der Waals surface area contributed by atoms with Crippen LogP contribution in [0, 0.1) is 46.3 Å². The molecule has 2 nitrogen and oxygen atoms in total. The molecule has 0 bridgehead atoms. The van der Waals surface area contributed by atoms with Gasteiger partial charge < -0.3 is 9.84 Å². The normalized spacial score (nSPS) is 27.6. The van der Waals surface area contributed by atoms with Crippen LogP contribution in [-0.2, 0) is 4.74 Å². The van der Waals surface area contributed by atoms with Crippen LogP contribution in [0.5, 0.6) is 0 Å². The van der Waals surface area contributed by atoms with Crippen LogP contribution in [0.1, 0.15) is 299 Å². The standard InChI is InChI=1S/C32H66O.C27H46O/c1-3-5-7-9-11-13-15-17-19-21-23-25-27-29-31-33-32-30-28-26-24-22-20-18-16-14-12-10-8-6-4-2;1-18(2)7-6-8-19(3)23-11-12-24-22-10-9-20-17-21(28)13-15-26(20,4)25(22)14-16-27(23,24)5/h3-32H2,1-2H3;9,18-19,21-25,28H,6-8,10-17H2,1-5H3/t;19-,21+,22+,23-,24+,25+,26+,27-/m.1/s1. The summed E-state index contributed by atoms with van der Waals surface area (Å²) < 4.78 is 5.85. The lowest BCUT2D eigenvalue weighted by Gasteiger charge is -2.58. The first-order chi connectivity index (χ1) is 29.7. The van der Waals surface area contributed by atoms with Crippen LogP contribution in [0.15, 0.2) is 11.6 Å². The van der Waals surface area contributed by atoms with Gasteiger partial charge in [0.05, 0.1) is 6.10 Å². The highest BCUT2D eigenvalue weighted by Gasteiger charge is 2.59. The topological polar surface area (TPSA) is 29.5 Å². The van der Waals surface area contributed by atoms with Crippen molar-refractivity contribution >= 4 is 0 Å². The first-order valence-corrected chi connectivity index (χ1v) is 28.6. The fourth-order valence-corrected chi connectivity index (χ4v) is 13.6. The smallest absolute Gasteiger partial charge is 0.0577 e. The summed E-state index contributed by atoms with van der Waals surface area (Å²) in [6.07, 6.45) is 57.2. The number of hydrogen-bond acceptors (Lipinski definition) is 2. The summed E-state index contributed by atoms with van der Waals surface area (Å²) in [6, 6.07) is 0. The summed E-state index contributed by atoms with van der Waals surface area (Å²) in [4.78, 5) is 0. The number of rotatable bonds is 35. The molecule has 0 aromatic heterocycles. The molecule has 2 heteroatoms. The van der Waals surface area contributed by atoms with E-state index in [1.54, 1.807) is 5.57 Å². The van der Waals surface area contributed by atoms with Crippen LogP contribution in [-0.4, -0.2) is 24.4 Å². The molecule has 61 heavy (non-hydrogen) atoms. The molecular weight excluding hydrogens is 741 g/mol. The van der Waals surface area contributed by atoms with Gasteiger partial charge in [0.2, 0.25) is 0 Å². The zero-order valence-electron chi connectivity index (χ0n) is 43.0. The average molecular weight is 854 g/mol. The van der Waals surface area contributed by atoms with E-state index >= 15 is 0 Å². The summed E-state index contributed by atoms with van der Waals surface area (Å²) >= 11 is 0. The second-order valence-electron chi connectivity index (χ2n) is 23.0. The first-order valence-electron chi connectivity index (χ1n) is 28.6. The zero-order chi connectivity index (χ0) is 44.0. The van der Waals surface area contributed by atoms with Gasteiger partial charge in [-0.15, -0.1) is 0 Å². The number of ether oxygens (including phenoxy) is 1. The number of aliphatic hydroxyl groups is 1. The Bertz CT molecular complexity index is 1030. The lowest BCUT2D eigenvalue weighted by molar-refractivity contribution is -0.0573. The summed E-state index contributed by atoms with van der Waals surface area (Å²) in [6.45, 7) is 19.2. The summed E-state index contributed by atoms with van der Waals surface area (Å²) in [5.74, 6) is 5.46. The van der Waals surface area contributed by atoms with Crippen molar-refractivity contribution in [2.75, 3.05) is 13.2 Å². The number of hydrogen-bond donors (Lipinski definition) is 1. The molecule has 360 valence electrons. The molecule has 0 radical (unpaired) electrons. The average Bonchev–Trinajstić information content (AvgIpc) is 3.61. The van der Waals surface area contributed by atoms with Crippen LogP contribution in [0.3, 0.4) is 0 Å². The molecule has 0 saturated heterocycles. The molecule has 0 amide bonds. The second kappa shape index (κ2) is 33.2. The maximum Gasteiger partial charge on any atom is 0.0577 e. The largest absolute Gasteiger partial charge is 0.393 e. The highest BCUT2D eigenvalue weighted by molar-refractivity contribution is 5.25. The van der Waals surface area contributed by atoms with Gasteiger partial charge in [-0.1, -0.05) is 246 Å². The van der Waals surface area contributed by atoms with Gasteiger partial charge >= 0.3 is 0 Å². The summed E-state index contributed by atoms with van der Waals surface area (Å²) in [5, 5.41) is 10.2. The molecule has 0 aromatic rings. The highest BCUT2D eigenvalue weighted by Crippen LogP contribution is 2.67. The minimum atomic E-state index is -0.0766. The highest BCUT2D eigenvalue weighted by atomic mass is 16.5. The monoisotopic (exact) mass is 853 g/mol. The molecule has 0 unspecified atom stereocenters. The Labute approximate surface area is 384 Å². The molecule has 4 rings (SSSR count). The van der Waals surface area contributed by atoms with E-state index in [1.165, 1.54) is 238 Å². The lowest BCUT2D eigenvalue weighted by Crippen LogP contribution is -2.50. The molecule has 4 aliphatic rings. The summed E-state index contributed by atoms with van der Waals surface area (Å²) in [7, 11) is 0. The van der Waals surface area contributed by atoms with E-state index in [1.807, 2.05) is 0 Å². The number of aliphatic hydroxyl groups excluding tert-OH is 1. The van der Waals surface area contributed by atoms with Crippen LogP contribution in [0.25, 0.3) is 0 Å². The van der Waals surface area contributed by atoms with E-state index in [0.29, 0.717) is 10.8 Å². The van der Waals surface area contributed by atoms with Crippen LogP contribution >= 0.6 is 0 Å². The minimum Gasteiger partial charge on any atom is -0.393 e. The minimum absolute atomic E-state index is 0.0766. The Morgan fingerprint density at radius 3 is 1.46 bits per heavy atom. The van der Waals surface area contributed by atoms with Crippen molar-refractivity contribution in [1.82, 2.24) is 0 Å². The molecule has 0 spiro atoms. The molecule has 0 aromatic carbocycles. The van der Waals surface area contributed by atoms with Crippen molar-refractivity contribution in [3.8, 4) is 0 Å². The lowest BCUT2D eigenvalue weighted by atomic mass is 9.47. The van der Waals surface area contributed by atoms with Crippen LogP contribution in [0.4, 0.5) is 0 Å². The van der Waals surface area contributed by atoms with Crippen molar-refractivity contribution in [3.05, 3.63) is 11.6 Å². The molecule has 3 fully saturated rings. The van der Waals surface area contributed by atoms with E-state index in [2.05, 4.69) is 54.5 Å². The molecule has 8 atom stereocenters. The quantitative estimate of drug-likeness (QED) is 0.0508. The van der Waals surface area contributed by atoms with Crippen LogP contribution < -0.4 is 0 Å². The maximum absolute atomic E-state index is 10.2. The van der Waals surface area contributed by atoms with Gasteiger partial charge in [0, 0.05) is 13.2 Å². The van der Waals surface area contributed by atoms with Crippen LogP contribution in [0.2, 0.25) is 0 Å². The Morgan fingerprint density at radius 2 is 1.00 bits per heavy atom. The fraction of sp³-hybridized carbons (Fsp3) is 0.966. The van der Waals surface area contributed by atoms with E-state index in [0.717, 1.165) is 61.6 Å². The Hall–Kier alpha value is -0.340. The van der Waals surface area contributed by atoms with Gasteiger partial charge in [0.1, 0.15) is 0 Å². The third-order valence-electron chi connectivity index (χ3n) is 17.6. The predicted molar refractivity (Wildman–Crippen MR) is 270 cm³/mol. The van der Waals surface area contributed by atoms with Crippen molar-refractivity contribution in [2.24, 2.45) is 46.3 Å². The van der Waals surface area contributed by atoms with Gasteiger partial charge in [0.15, 0.2) is 0 Å². The van der Waals surface area contributed by atoms with Crippen molar-refractivity contribution < 1.29 is 9.84 Å². The molecule has 1 N–H and O–H groups in total. The van der Waals surface area contributed by atoms with E-state index in [4.69, 9.17) is 4.74 Å². The Morgan fingerprint density at radius 1 is 0.541 bits per heavy atom. The first kappa shape index (κ1) is 55.0. The number of allylic oxidation sites excluding steroid dienone is 1. The Balaban J connectivity index is 0.000000328. The van der Waals surface area contributed by atoms with E-state index in [9.17, 15) is 5.11 Å². The van der Waals surface area contributed by atoms with Gasteiger partial charge in [-0.2, -0.15) is 0 Å². The van der Waals surface area contributed by atoms with Gasteiger partial charge in [0.25, 0.3) is 0 Å². The molecule has 3 saturated carbocycles.